The summed E-state index contributed by atoms with van der Waals surface area (Å²) in [7, 11) is 0. The van der Waals surface area contributed by atoms with Crippen molar-refractivity contribution in [3.8, 4) is 0 Å². The second-order valence-corrected chi connectivity index (χ2v) is 10.6. The standard InChI is InChI=1S/C27H28ClN2O3S/c28-22-13-16-34-26(22)23(31)17-30-14-11-19(12-15-30)24(18-30)33-27(32)25(20-7-3-1-4-8-20)29-21-9-5-2-6-10-21/h1-10,13,16,19,24-25,29H,11-12,14-15,17-18H2/q+1/t19?,24-,25?,30?/m0/s1. The van der Waals surface area contributed by atoms with Crippen molar-refractivity contribution in [3.63, 3.8) is 0 Å². The number of ketones is 1. The fourth-order valence-corrected chi connectivity index (χ4v) is 6.38. The second-order valence-electron chi connectivity index (χ2n) is 9.32. The van der Waals surface area contributed by atoms with Gasteiger partial charge in [-0.1, -0.05) is 60.1 Å². The number of thiophene rings is 1. The van der Waals surface area contributed by atoms with Gasteiger partial charge in [0.25, 0.3) is 0 Å². The fourth-order valence-electron chi connectivity index (χ4n) is 5.29. The van der Waals surface area contributed by atoms with E-state index in [1.807, 2.05) is 66.0 Å². The molecule has 2 aromatic carbocycles. The number of ether oxygens (including phenoxy) is 1. The first-order valence-corrected chi connectivity index (χ1v) is 13.0. The highest BCUT2D eigenvalue weighted by molar-refractivity contribution is 7.12. The molecule has 3 aliphatic heterocycles. The first-order chi connectivity index (χ1) is 16.5. The summed E-state index contributed by atoms with van der Waals surface area (Å²) in [5.74, 6) is 0.149. The van der Waals surface area contributed by atoms with Crippen molar-refractivity contribution in [2.45, 2.75) is 25.0 Å². The van der Waals surface area contributed by atoms with E-state index in [2.05, 4.69) is 5.32 Å². The number of quaternary nitrogens is 1. The average molecular weight is 496 g/mol. The van der Waals surface area contributed by atoms with Crippen molar-refractivity contribution in [2.75, 3.05) is 31.5 Å². The number of rotatable bonds is 8. The number of benzene rings is 2. The molecule has 1 unspecified atom stereocenters. The Morgan fingerprint density at radius 1 is 1.03 bits per heavy atom. The zero-order chi connectivity index (χ0) is 23.5. The zero-order valence-corrected chi connectivity index (χ0v) is 20.4. The molecule has 0 radical (unpaired) electrons. The lowest BCUT2D eigenvalue weighted by Crippen LogP contribution is -2.65. The Hall–Kier alpha value is -2.67. The molecule has 0 amide bonds. The van der Waals surface area contributed by atoms with Crippen LogP contribution in [0.1, 0.15) is 34.1 Å². The highest BCUT2D eigenvalue weighted by atomic mass is 35.5. The number of esters is 1. The number of halogens is 1. The Morgan fingerprint density at radius 3 is 2.35 bits per heavy atom. The third-order valence-electron chi connectivity index (χ3n) is 7.11. The predicted octanol–water partition coefficient (Wildman–Crippen LogP) is 5.59. The number of hydrogen-bond donors (Lipinski definition) is 1. The van der Waals surface area contributed by atoms with Crippen LogP contribution in [0.5, 0.6) is 0 Å². The Morgan fingerprint density at radius 2 is 1.71 bits per heavy atom. The minimum absolute atomic E-state index is 0.0818. The van der Waals surface area contributed by atoms with Crippen molar-refractivity contribution < 1.29 is 18.8 Å². The first-order valence-electron chi connectivity index (χ1n) is 11.7. The summed E-state index contributed by atoms with van der Waals surface area (Å²) in [4.78, 5) is 27.1. The summed E-state index contributed by atoms with van der Waals surface area (Å²) < 4.78 is 6.85. The van der Waals surface area contributed by atoms with Crippen molar-refractivity contribution in [3.05, 3.63) is 87.6 Å². The number of anilines is 1. The molecule has 3 aromatic rings. The van der Waals surface area contributed by atoms with Crippen LogP contribution in [-0.2, 0) is 9.53 Å². The number of hydrogen-bond acceptors (Lipinski definition) is 5. The number of fused-ring (bicyclic) bond motifs is 3. The van der Waals surface area contributed by atoms with Gasteiger partial charge in [0.15, 0.2) is 12.1 Å². The van der Waals surface area contributed by atoms with Crippen molar-refractivity contribution >= 4 is 40.4 Å². The van der Waals surface area contributed by atoms with E-state index in [0.717, 1.165) is 37.2 Å². The lowest BCUT2D eigenvalue weighted by molar-refractivity contribution is -0.938. The Bertz CT molecular complexity index is 1140. The maximum Gasteiger partial charge on any atom is 0.333 e. The van der Waals surface area contributed by atoms with Crippen LogP contribution in [0.4, 0.5) is 5.69 Å². The van der Waals surface area contributed by atoms with Gasteiger partial charge in [0.2, 0.25) is 5.78 Å². The summed E-state index contributed by atoms with van der Waals surface area (Å²) in [5, 5.41) is 5.73. The second kappa shape index (κ2) is 9.90. The Kier molecular flexibility index (Phi) is 6.73. The van der Waals surface area contributed by atoms with Gasteiger partial charge in [0.05, 0.1) is 23.0 Å². The van der Waals surface area contributed by atoms with Gasteiger partial charge in [-0.15, -0.1) is 11.3 Å². The van der Waals surface area contributed by atoms with E-state index in [1.54, 1.807) is 6.07 Å². The van der Waals surface area contributed by atoms with Crippen LogP contribution in [0.25, 0.3) is 0 Å². The van der Waals surface area contributed by atoms with Crippen LogP contribution in [0.15, 0.2) is 72.1 Å². The van der Waals surface area contributed by atoms with Crippen molar-refractivity contribution in [1.29, 1.82) is 0 Å². The third-order valence-corrected chi connectivity index (χ3v) is 8.49. The highest BCUT2D eigenvalue weighted by Crippen LogP contribution is 2.37. The number of para-hydroxylation sites is 1. The SMILES string of the molecule is O=C(C[N+]12CCC(CC1)[C@@H](OC(=O)C(Nc1ccccc1)c1ccccc1)C2)c1sccc1Cl. The number of carbonyl (C=O) groups excluding carboxylic acids is 2. The summed E-state index contributed by atoms with van der Waals surface area (Å²) in [5.41, 5.74) is 1.73. The van der Waals surface area contributed by atoms with Crippen LogP contribution in [0.3, 0.4) is 0 Å². The lowest BCUT2D eigenvalue weighted by atomic mass is 9.83. The van der Waals surface area contributed by atoms with E-state index in [-0.39, 0.29) is 17.9 Å². The maximum atomic E-state index is 13.5. The van der Waals surface area contributed by atoms with Gasteiger partial charge in [0.1, 0.15) is 13.1 Å². The third kappa shape index (κ3) is 4.90. The lowest BCUT2D eigenvalue weighted by Gasteiger charge is -2.51. The van der Waals surface area contributed by atoms with Gasteiger partial charge in [-0.25, -0.2) is 4.79 Å². The normalized spacial score (nSPS) is 24.4. The zero-order valence-electron chi connectivity index (χ0n) is 18.9. The van der Waals surface area contributed by atoms with Gasteiger partial charge in [-0.05, 0) is 29.1 Å². The molecular formula is C27H28ClN2O3S+. The molecule has 2 bridgehead atoms. The molecule has 0 spiro atoms. The highest BCUT2D eigenvalue weighted by Gasteiger charge is 2.49. The topological polar surface area (TPSA) is 55.4 Å². The van der Waals surface area contributed by atoms with E-state index < -0.39 is 6.04 Å². The largest absolute Gasteiger partial charge is 0.454 e. The van der Waals surface area contributed by atoms with Gasteiger partial charge < -0.3 is 14.5 Å². The number of Topliss-reactive ketones (excluding diaryl/α,β-unsaturated/α-hetero) is 1. The van der Waals surface area contributed by atoms with E-state index >= 15 is 0 Å². The molecule has 3 fully saturated rings. The van der Waals surface area contributed by atoms with Crippen molar-refractivity contribution in [1.82, 2.24) is 0 Å². The maximum absolute atomic E-state index is 13.5. The fraction of sp³-hybridized carbons (Fsp3) is 0.333. The average Bonchev–Trinajstić information content (AvgIpc) is 3.30. The molecule has 7 heteroatoms. The first kappa shape index (κ1) is 23.1. The van der Waals surface area contributed by atoms with Gasteiger partial charge >= 0.3 is 5.97 Å². The molecule has 176 valence electrons. The monoisotopic (exact) mass is 495 g/mol. The van der Waals surface area contributed by atoms with Crippen LogP contribution >= 0.6 is 22.9 Å². The number of piperidine rings is 3. The molecule has 3 saturated heterocycles. The van der Waals surface area contributed by atoms with Crippen molar-refractivity contribution in [2.24, 2.45) is 5.92 Å². The van der Waals surface area contributed by atoms with E-state index in [9.17, 15) is 9.59 Å². The summed E-state index contributed by atoms with van der Waals surface area (Å²) >= 11 is 7.61. The smallest absolute Gasteiger partial charge is 0.333 e. The molecule has 0 saturated carbocycles. The Labute approximate surface area is 208 Å². The molecule has 2 atom stereocenters. The van der Waals surface area contributed by atoms with Crippen LogP contribution in [0.2, 0.25) is 5.02 Å². The molecule has 4 heterocycles. The van der Waals surface area contributed by atoms with E-state index in [1.165, 1.54) is 11.3 Å². The molecule has 34 heavy (non-hydrogen) atoms. The summed E-state index contributed by atoms with van der Waals surface area (Å²) in [6, 6.07) is 20.6. The Balaban J connectivity index is 1.31. The number of nitrogens with one attached hydrogen (secondary N) is 1. The van der Waals surface area contributed by atoms with Crippen LogP contribution < -0.4 is 5.32 Å². The predicted molar refractivity (Wildman–Crippen MR) is 135 cm³/mol. The summed E-state index contributed by atoms with van der Waals surface area (Å²) in [6.45, 7) is 2.97. The van der Waals surface area contributed by atoms with Gasteiger partial charge in [0, 0.05) is 24.4 Å². The molecular weight excluding hydrogens is 468 g/mol. The number of carbonyl (C=O) groups is 2. The van der Waals surface area contributed by atoms with Crippen LogP contribution in [0, 0.1) is 5.92 Å². The van der Waals surface area contributed by atoms with Crippen LogP contribution in [-0.4, -0.2) is 48.5 Å². The minimum Gasteiger partial charge on any atom is -0.454 e. The molecule has 5 nitrogen and oxygen atoms in total. The van der Waals surface area contributed by atoms with Gasteiger partial charge in [-0.3, -0.25) is 4.79 Å². The molecule has 1 N–H and O–H groups in total. The minimum atomic E-state index is -0.598. The molecule has 3 aliphatic rings. The molecule has 1 aromatic heterocycles. The molecule has 0 aliphatic carbocycles. The quantitative estimate of drug-likeness (QED) is 0.251. The van der Waals surface area contributed by atoms with E-state index in [4.69, 9.17) is 16.3 Å². The molecule has 6 rings (SSSR count). The van der Waals surface area contributed by atoms with E-state index in [0.29, 0.717) is 33.4 Å². The van der Waals surface area contributed by atoms with Gasteiger partial charge in [-0.2, -0.15) is 0 Å². The summed E-state index contributed by atoms with van der Waals surface area (Å²) in [6.07, 6.45) is 1.74. The number of nitrogens with zero attached hydrogens (tertiary/aromatic N) is 1.